The molecule has 0 aliphatic rings. The molecule has 208 valence electrons. The Morgan fingerprint density at radius 3 is 2.05 bits per heavy atom. The van der Waals surface area contributed by atoms with Crippen molar-refractivity contribution in [3.05, 3.63) is 95.6 Å². The second kappa shape index (κ2) is 12.5. The topological polar surface area (TPSA) is 86.8 Å². The van der Waals surface area contributed by atoms with Crippen LogP contribution in [0.2, 0.25) is 0 Å². The number of benzene rings is 3. The van der Waals surface area contributed by atoms with Gasteiger partial charge in [0.05, 0.1) is 10.6 Å². The first-order valence-electron chi connectivity index (χ1n) is 13.1. The van der Waals surface area contributed by atoms with Crippen LogP contribution < -0.4 is 9.62 Å². The second-order valence-corrected chi connectivity index (χ2v) is 12.7. The van der Waals surface area contributed by atoms with Gasteiger partial charge >= 0.3 is 0 Å². The van der Waals surface area contributed by atoms with E-state index in [-0.39, 0.29) is 17.3 Å². The van der Waals surface area contributed by atoms with Gasteiger partial charge in [-0.15, -0.1) is 0 Å². The molecule has 0 bridgehead atoms. The first kappa shape index (κ1) is 29.9. The Kier molecular flexibility index (Phi) is 9.56. The van der Waals surface area contributed by atoms with Crippen LogP contribution in [0.3, 0.4) is 0 Å². The average Bonchev–Trinajstić information content (AvgIpc) is 2.87. The van der Waals surface area contributed by atoms with Gasteiger partial charge in [0.25, 0.3) is 10.0 Å². The summed E-state index contributed by atoms with van der Waals surface area (Å²) in [4.78, 5) is 28.7. The molecule has 3 aromatic rings. The zero-order valence-electron chi connectivity index (χ0n) is 23.6. The molecule has 0 radical (unpaired) electrons. The van der Waals surface area contributed by atoms with Gasteiger partial charge in [0, 0.05) is 12.1 Å². The molecule has 0 saturated heterocycles. The van der Waals surface area contributed by atoms with Crippen LogP contribution in [0, 0.1) is 13.8 Å². The average molecular weight is 550 g/mol. The minimum Gasteiger partial charge on any atom is -0.350 e. The number of carbonyl (C=O) groups is 2. The molecule has 0 aliphatic carbocycles. The van der Waals surface area contributed by atoms with Gasteiger partial charge in [-0.25, -0.2) is 8.42 Å². The summed E-state index contributed by atoms with van der Waals surface area (Å²) in [5, 5.41) is 2.94. The molecule has 0 aliphatic heterocycles. The highest BCUT2D eigenvalue weighted by Gasteiger charge is 2.33. The van der Waals surface area contributed by atoms with Crippen LogP contribution in [-0.4, -0.2) is 49.8 Å². The van der Waals surface area contributed by atoms with E-state index in [0.29, 0.717) is 12.1 Å². The quantitative estimate of drug-likeness (QED) is 0.391. The molecule has 1 N–H and O–H groups in total. The smallest absolute Gasteiger partial charge is 0.264 e. The monoisotopic (exact) mass is 549 g/mol. The highest BCUT2D eigenvalue weighted by molar-refractivity contribution is 7.92. The Hall–Kier alpha value is -3.65. The van der Waals surface area contributed by atoms with Crippen molar-refractivity contribution >= 4 is 27.5 Å². The van der Waals surface area contributed by atoms with Crippen LogP contribution in [0.1, 0.15) is 44.4 Å². The summed E-state index contributed by atoms with van der Waals surface area (Å²) in [6.45, 7) is 10.9. The van der Waals surface area contributed by atoms with Crippen LogP contribution in [0.25, 0.3) is 0 Å². The molecular formula is C31H39N3O4S. The van der Waals surface area contributed by atoms with E-state index in [9.17, 15) is 18.0 Å². The maximum absolute atomic E-state index is 14.0. The fourth-order valence-electron chi connectivity index (χ4n) is 4.36. The Morgan fingerprint density at radius 1 is 0.897 bits per heavy atom. The van der Waals surface area contributed by atoms with Gasteiger partial charge in [0.1, 0.15) is 12.6 Å². The minimum atomic E-state index is -4.07. The summed E-state index contributed by atoms with van der Waals surface area (Å²) >= 11 is 0. The van der Waals surface area contributed by atoms with Crippen molar-refractivity contribution in [2.24, 2.45) is 0 Å². The zero-order valence-corrected chi connectivity index (χ0v) is 24.5. The lowest BCUT2D eigenvalue weighted by molar-refractivity contribution is -0.139. The lowest BCUT2D eigenvalue weighted by atomic mass is 10.1. The third-order valence-electron chi connectivity index (χ3n) is 6.38. The van der Waals surface area contributed by atoms with E-state index in [1.54, 1.807) is 31.2 Å². The maximum atomic E-state index is 14.0. The second-order valence-electron chi connectivity index (χ2n) is 10.9. The predicted molar refractivity (Wildman–Crippen MR) is 156 cm³/mol. The van der Waals surface area contributed by atoms with E-state index < -0.39 is 34.1 Å². The first-order chi connectivity index (χ1) is 18.3. The summed E-state index contributed by atoms with van der Waals surface area (Å²) in [5.41, 5.74) is 2.67. The molecule has 0 spiro atoms. The zero-order chi connectivity index (χ0) is 28.8. The van der Waals surface area contributed by atoms with Gasteiger partial charge in [-0.1, -0.05) is 66.2 Å². The van der Waals surface area contributed by atoms with E-state index in [1.165, 1.54) is 17.0 Å². The number of sulfonamides is 1. The largest absolute Gasteiger partial charge is 0.350 e. The Bertz CT molecular complexity index is 1380. The van der Waals surface area contributed by atoms with Crippen LogP contribution in [-0.2, 0) is 26.0 Å². The van der Waals surface area contributed by atoms with Gasteiger partial charge < -0.3 is 10.2 Å². The van der Waals surface area contributed by atoms with Crippen molar-refractivity contribution in [1.82, 2.24) is 10.2 Å². The summed E-state index contributed by atoms with van der Waals surface area (Å²) < 4.78 is 28.9. The van der Waals surface area contributed by atoms with E-state index in [0.717, 1.165) is 21.0 Å². The van der Waals surface area contributed by atoms with Crippen LogP contribution in [0.15, 0.2) is 83.8 Å². The van der Waals surface area contributed by atoms with Crippen molar-refractivity contribution in [3.8, 4) is 0 Å². The summed E-state index contributed by atoms with van der Waals surface area (Å²) in [7, 11) is -4.07. The molecule has 0 aromatic heterocycles. The lowest BCUT2D eigenvalue weighted by Crippen LogP contribution is -2.55. The maximum Gasteiger partial charge on any atom is 0.264 e. The minimum absolute atomic E-state index is 0.0899. The fraction of sp³-hybridized carbons (Fsp3) is 0.355. The van der Waals surface area contributed by atoms with Gasteiger partial charge in [0.15, 0.2) is 0 Å². The molecule has 1 unspecified atom stereocenters. The van der Waals surface area contributed by atoms with E-state index in [4.69, 9.17) is 0 Å². The van der Waals surface area contributed by atoms with Gasteiger partial charge in [-0.2, -0.15) is 0 Å². The van der Waals surface area contributed by atoms with Crippen molar-refractivity contribution in [1.29, 1.82) is 0 Å². The number of nitrogens with one attached hydrogen (secondary N) is 1. The normalized spacial score (nSPS) is 12.5. The highest BCUT2D eigenvalue weighted by atomic mass is 32.2. The van der Waals surface area contributed by atoms with Gasteiger partial charge in [-0.3, -0.25) is 13.9 Å². The molecule has 2 amide bonds. The molecule has 8 heteroatoms. The summed E-state index contributed by atoms with van der Waals surface area (Å²) in [6.07, 6.45) is 0.523. The number of hydrogen-bond donors (Lipinski definition) is 1. The first-order valence-corrected chi connectivity index (χ1v) is 14.5. The summed E-state index contributed by atoms with van der Waals surface area (Å²) in [6, 6.07) is 22.4. The number of hydrogen-bond acceptors (Lipinski definition) is 4. The van der Waals surface area contributed by atoms with Crippen LogP contribution in [0.5, 0.6) is 0 Å². The van der Waals surface area contributed by atoms with Gasteiger partial charge in [-0.05, 0) is 77.3 Å². The van der Waals surface area contributed by atoms with E-state index in [2.05, 4.69) is 5.32 Å². The molecule has 3 aromatic carbocycles. The third-order valence-corrected chi connectivity index (χ3v) is 8.15. The van der Waals surface area contributed by atoms with Crippen molar-refractivity contribution in [2.45, 2.75) is 64.4 Å². The van der Waals surface area contributed by atoms with Crippen LogP contribution >= 0.6 is 0 Å². The Balaban J connectivity index is 2.01. The number of nitrogens with zero attached hydrogens (tertiary/aromatic N) is 2. The highest BCUT2D eigenvalue weighted by Crippen LogP contribution is 2.28. The van der Waals surface area contributed by atoms with Gasteiger partial charge in [0.2, 0.25) is 11.8 Å². The van der Waals surface area contributed by atoms with Crippen molar-refractivity contribution in [3.63, 3.8) is 0 Å². The number of rotatable bonds is 10. The van der Waals surface area contributed by atoms with Crippen molar-refractivity contribution < 1.29 is 18.0 Å². The molecule has 0 fully saturated rings. The number of anilines is 1. The molecule has 3 rings (SSSR count). The molecule has 7 nitrogen and oxygen atoms in total. The number of amides is 2. The van der Waals surface area contributed by atoms with Crippen molar-refractivity contribution in [2.75, 3.05) is 17.4 Å². The molecule has 1 atom stereocenters. The molecule has 0 saturated carbocycles. The fourth-order valence-corrected chi connectivity index (χ4v) is 5.86. The predicted octanol–water partition coefficient (Wildman–Crippen LogP) is 4.87. The van der Waals surface area contributed by atoms with E-state index in [1.807, 2.05) is 77.1 Å². The molecule has 0 heterocycles. The number of carbonyl (C=O) groups excluding carboxylic acids is 2. The van der Waals surface area contributed by atoms with Crippen LogP contribution in [0.4, 0.5) is 5.69 Å². The SMILES string of the molecule is Cc1ccc(N(CC(=O)N(CCc2ccccc2)C(C)C(=O)NC(C)(C)C)S(=O)(=O)c2ccccc2)c(C)c1. The molecule has 39 heavy (non-hydrogen) atoms. The standard InChI is InChI=1S/C31H39N3O4S/c1-23-17-18-28(24(2)21-23)34(39(37,38)27-15-11-8-12-16-27)22-29(35)33(20-19-26-13-9-7-10-14-26)25(3)30(36)32-31(4,5)6/h7-18,21,25H,19-20,22H2,1-6H3,(H,32,36). The summed E-state index contributed by atoms with van der Waals surface area (Å²) in [5.74, 6) is -0.755. The lowest BCUT2D eigenvalue weighted by Gasteiger charge is -2.34. The Morgan fingerprint density at radius 2 is 1.49 bits per heavy atom. The number of aryl methyl sites for hydroxylation is 2. The van der Waals surface area contributed by atoms with E-state index >= 15 is 0 Å². The third kappa shape index (κ3) is 7.93. The Labute approximate surface area is 232 Å². The molecular weight excluding hydrogens is 510 g/mol.